The molecule has 1 rings (SSSR count). The molecular formula is C16H33N3. The summed E-state index contributed by atoms with van der Waals surface area (Å²) in [5, 5.41) is 6.27. The van der Waals surface area contributed by atoms with Crippen LogP contribution in [0.25, 0.3) is 0 Å². The molecule has 2 N–H and O–H groups in total. The molecule has 1 aliphatic rings. The molecule has 0 aliphatic carbocycles. The normalized spacial score (nSPS) is 15.7. The number of likely N-dealkylation sites (tertiary alicyclic amines) is 1. The number of allylic oxidation sites excluding steroid dienone is 1. The first kappa shape index (κ1) is 17.9. The second-order valence-electron chi connectivity index (χ2n) is 5.13. The predicted molar refractivity (Wildman–Crippen MR) is 85.9 cm³/mol. The van der Waals surface area contributed by atoms with Crippen molar-refractivity contribution in [3.05, 3.63) is 24.7 Å². The average Bonchev–Trinajstić information content (AvgIpc) is 2.41. The van der Waals surface area contributed by atoms with Crippen LogP contribution in [0.4, 0.5) is 0 Å². The quantitative estimate of drug-likeness (QED) is 0.773. The standard InChI is InChI=1S/C9H18N2.C7H15N/c1-2-10-6-9-11-7-4-3-5-8-11;1-4-8-6-5-7(2)3/h6,9-10H,2-5,7-8H2,1H3;5-8H,4H2,1-3H3. The van der Waals surface area contributed by atoms with Crippen molar-refractivity contribution in [2.45, 2.75) is 47.0 Å². The molecule has 0 aromatic carbocycles. The highest BCUT2D eigenvalue weighted by molar-refractivity contribution is 4.82. The minimum Gasteiger partial charge on any atom is -0.391 e. The maximum Gasteiger partial charge on any atom is 0.0173 e. The Labute approximate surface area is 120 Å². The largest absolute Gasteiger partial charge is 0.391 e. The minimum absolute atomic E-state index is 0.661. The highest BCUT2D eigenvalue weighted by Gasteiger charge is 2.04. The number of rotatable bonds is 6. The molecule has 0 amide bonds. The fourth-order valence-electron chi connectivity index (χ4n) is 1.72. The molecule has 0 bridgehead atoms. The molecule has 0 radical (unpaired) electrons. The summed E-state index contributed by atoms with van der Waals surface area (Å²) in [5.41, 5.74) is 0. The van der Waals surface area contributed by atoms with Gasteiger partial charge in [0.15, 0.2) is 0 Å². The van der Waals surface area contributed by atoms with Crippen LogP contribution < -0.4 is 10.6 Å². The summed E-state index contributed by atoms with van der Waals surface area (Å²) in [4.78, 5) is 2.38. The summed E-state index contributed by atoms with van der Waals surface area (Å²) in [6.45, 7) is 13.0. The smallest absolute Gasteiger partial charge is 0.0173 e. The first-order chi connectivity index (χ1) is 9.20. The summed E-state index contributed by atoms with van der Waals surface area (Å²) in [5.74, 6) is 0.661. The Morgan fingerprint density at radius 3 is 2.05 bits per heavy atom. The van der Waals surface area contributed by atoms with Gasteiger partial charge in [-0.1, -0.05) is 19.9 Å². The maximum atomic E-state index is 3.17. The molecule has 1 fully saturated rings. The third-order valence-corrected chi connectivity index (χ3v) is 2.80. The zero-order chi connectivity index (χ0) is 14.3. The highest BCUT2D eigenvalue weighted by Crippen LogP contribution is 2.07. The summed E-state index contributed by atoms with van der Waals surface area (Å²) >= 11 is 0. The monoisotopic (exact) mass is 267 g/mol. The number of hydrogen-bond donors (Lipinski definition) is 2. The second-order valence-corrected chi connectivity index (χ2v) is 5.13. The van der Waals surface area contributed by atoms with E-state index in [1.807, 2.05) is 12.4 Å². The van der Waals surface area contributed by atoms with Gasteiger partial charge in [-0.05, 0) is 45.2 Å². The third-order valence-electron chi connectivity index (χ3n) is 2.80. The van der Waals surface area contributed by atoms with Gasteiger partial charge in [0.1, 0.15) is 0 Å². The van der Waals surface area contributed by atoms with E-state index in [2.05, 4.69) is 55.5 Å². The van der Waals surface area contributed by atoms with Gasteiger partial charge >= 0.3 is 0 Å². The van der Waals surface area contributed by atoms with Gasteiger partial charge in [0, 0.05) is 38.6 Å². The van der Waals surface area contributed by atoms with Gasteiger partial charge in [-0.15, -0.1) is 0 Å². The van der Waals surface area contributed by atoms with E-state index in [4.69, 9.17) is 0 Å². The van der Waals surface area contributed by atoms with E-state index in [1.54, 1.807) is 0 Å². The summed E-state index contributed by atoms with van der Waals surface area (Å²) in [7, 11) is 0. The molecule has 3 nitrogen and oxygen atoms in total. The van der Waals surface area contributed by atoms with E-state index in [0.717, 1.165) is 13.1 Å². The van der Waals surface area contributed by atoms with E-state index in [-0.39, 0.29) is 0 Å². The molecule has 1 saturated heterocycles. The maximum absolute atomic E-state index is 3.17. The molecule has 1 aliphatic heterocycles. The summed E-state index contributed by atoms with van der Waals surface area (Å²) in [6.07, 6.45) is 12.5. The topological polar surface area (TPSA) is 27.3 Å². The predicted octanol–water partition coefficient (Wildman–Crippen LogP) is 3.32. The molecule has 19 heavy (non-hydrogen) atoms. The van der Waals surface area contributed by atoms with Crippen LogP contribution in [0.5, 0.6) is 0 Å². The number of hydrogen-bond acceptors (Lipinski definition) is 3. The Morgan fingerprint density at radius 1 is 0.947 bits per heavy atom. The Morgan fingerprint density at radius 2 is 1.53 bits per heavy atom. The van der Waals surface area contributed by atoms with Crippen molar-refractivity contribution in [3.8, 4) is 0 Å². The molecule has 0 aromatic rings. The molecule has 0 saturated carbocycles. The van der Waals surface area contributed by atoms with Crippen LogP contribution in [-0.4, -0.2) is 31.1 Å². The first-order valence-electron chi connectivity index (χ1n) is 7.74. The Bertz CT molecular complexity index is 228. The number of nitrogens with one attached hydrogen (secondary N) is 2. The van der Waals surface area contributed by atoms with Gasteiger partial charge in [-0.3, -0.25) is 0 Å². The van der Waals surface area contributed by atoms with Crippen LogP contribution in [0.2, 0.25) is 0 Å². The third kappa shape index (κ3) is 13.1. The van der Waals surface area contributed by atoms with Crippen molar-refractivity contribution in [1.29, 1.82) is 0 Å². The van der Waals surface area contributed by atoms with Crippen molar-refractivity contribution < 1.29 is 0 Å². The lowest BCUT2D eigenvalue weighted by Gasteiger charge is -2.24. The van der Waals surface area contributed by atoms with Crippen LogP contribution in [0.1, 0.15) is 47.0 Å². The lowest BCUT2D eigenvalue weighted by atomic mass is 10.1. The van der Waals surface area contributed by atoms with E-state index >= 15 is 0 Å². The molecule has 0 aromatic heterocycles. The summed E-state index contributed by atoms with van der Waals surface area (Å²) in [6, 6.07) is 0. The molecule has 1 heterocycles. The zero-order valence-corrected chi connectivity index (χ0v) is 13.3. The second kappa shape index (κ2) is 13.3. The van der Waals surface area contributed by atoms with Gasteiger partial charge in [-0.2, -0.15) is 0 Å². The SMILES string of the molecule is CCNC=CC(C)C.CCNC=CN1CCCCC1. The molecule has 3 heteroatoms. The van der Waals surface area contributed by atoms with E-state index in [1.165, 1.54) is 32.4 Å². The van der Waals surface area contributed by atoms with Crippen LogP contribution in [0, 0.1) is 5.92 Å². The van der Waals surface area contributed by atoms with Crippen LogP contribution in [0.3, 0.4) is 0 Å². The van der Waals surface area contributed by atoms with Crippen LogP contribution in [-0.2, 0) is 0 Å². The van der Waals surface area contributed by atoms with Crippen molar-refractivity contribution in [1.82, 2.24) is 15.5 Å². The van der Waals surface area contributed by atoms with Gasteiger partial charge in [0.25, 0.3) is 0 Å². The number of piperidine rings is 1. The Hall–Kier alpha value is -1.12. The lowest BCUT2D eigenvalue weighted by molar-refractivity contribution is 0.308. The van der Waals surface area contributed by atoms with Crippen molar-refractivity contribution in [2.75, 3.05) is 26.2 Å². The molecule has 0 atom stereocenters. The van der Waals surface area contributed by atoms with Crippen LogP contribution in [0.15, 0.2) is 24.7 Å². The average molecular weight is 267 g/mol. The van der Waals surface area contributed by atoms with Crippen molar-refractivity contribution >= 4 is 0 Å². The van der Waals surface area contributed by atoms with Crippen LogP contribution >= 0.6 is 0 Å². The zero-order valence-electron chi connectivity index (χ0n) is 13.3. The molecule has 0 spiro atoms. The van der Waals surface area contributed by atoms with Gasteiger partial charge in [0.2, 0.25) is 0 Å². The lowest BCUT2D eigenvalue weighted by Crippen LogP contribution is -2.24. The van der Waals surface area contributed by atoms with Gasteiger partial charge in [0.05, 0.1) is 0 Å². The fraction of sp³-hybridized carbons (Fsp3) is 0.750. The van der Waals surface area contributed by atoms with E-state index in [0.29, 0.717) is 5.92 Å². The molecular weight excluding hydrogens is 234 g/mol. The van der Waals surface area contributed by atoms with Gasteiger partial charge in [-0.25, -0.2) is 0 Å². The Kier molecular flexibility index (Phi) is 12.5. The molecule has 112 valence electrons. The van der Waals surface area contributed by atoms with Gasteiger partial charge < -0.3 is 15.5 Å². The van der Waals surface area contributed by atoms with Crippen molar-refractivity contribution in [2.24, 2.45) is 5.92 Å². The molecule has 0 unspecified atom stereocenters. The Balaban J connectivity index is 0.000000362. The van der Waals surface area contributed by atoms with Crippen molar-refractivity contribution in [3.63, 3.8) is 0 Å². The fourth-order valence-corrected chi connectivity index (χ4v) is 1.72. The van der Waals surface area contributed by atoms with E-state index < -0.39 is 0 Å². The summed E-state index contributed by atoms with van der Waals surface area (Å²) < 4.78 is 0. The first-order valence-corrected chi connectivity index (χ1v) is 7.74. The highest BCUT2D eigenvalue weighted by atomic mass is 15.1. The number of nitrogens with zero attached hydrogens (tertiary/aromatic N) is 1. The minimum atomic E-state index is 0.661. The van der Waals surface area contributed by atoms with E-state index in [9.17, 15) is 0 Å².